The Labute approximate surface area is 106 Å². The number of hydrogen-bond acceptors (Lipinski definition) is 4. The molecule has 2 N–H and O–H groups in total. The van der Waals surface area contributed by atoms with Gasteiger partial charge in [0.1, 0.15) is 5.58 Å². The molecule has 0 aliphatic carbocycles. The summed E-state index contributed by atoms with van der Waals surface area (Å²) in [5, 5.41) is 0.811. The standard InChI is InChI=1S/C14H17NO3/c1-9(2)5-6-17-14(16)13-8-10-7-11(15)3-4-12(10)18-13/h3-4,7-9H,5-6,15H2,1-2H3. The number of carbonyl (C=O) groups is 1. The van der Waals surface area contributed by atoms with Crippen LogP contribution in [0.3, 0.4) is 0 Å². The molecule has 96 valence electrons. The summed E-state index contributed by atoms with van der Waals surface area (Å²) in [5.74, 6) is 0.304. The van der Waals surface area contributed by atoms with Crippen molar-refractivity contribution in [1.82, 2.24) is 0 Å². The maximum atomic E-state index is 11.7. The van der Waals surface area contributed by atoms with Crippen LogP contribution in [0.4, 0.5) is 5.69 Å². The number of ether oxygens (including phenoxy) is 1. The highest BCUT2D eigenvalue weighted by molar-refractivity contribution is 5.93. The van der Waals surface area contributed by atoms with Crippen molar-refractivity contribution in [1.29, 1.82) is 0 Å². The molecule has 0 spiro atoms. The van der Waals surface area contributed by atoms with E-state index in [1.165, 1.54) is 0 Å². The van der Waals surface area contributed by atoms with Crippen LogP contribution in [0.2, 0.25) is 0 Å². The van der Waals surface area contributed by atoms with Crippen molar-refractivity contribution in [2.45, 2.75) is 20.3 Å². The highest BCUT2D eigenvalue weighted by Gasteiger charge is 2.13. The summed E-state index contributed by atoms with van der Waals surface area (Å²) in [6, 6.07) is 6.91. The number of anilines is 1. The van der Waals surface area contributed by atoms with E-state index in [4.69, 9.17) is 14.9 Å². The normalized spacial score (nSPS) is 11.1. The number of benzene rings is 1. The lowest BCUT2D eigenvalue weighted by atomic mass is 10.1. The minimum absolute atomic E-state index is 0.222. The quantitative estimate of drug-likeness (QED) is 0.665. The van der Waals surface area contributed by atoms with Crippen LogP contribution in [-0.4, -0.2) is 12.6 Å². The number of fused-ring (bicyclic) bond motifs is 1. The first-order valence-electron chi connectivity index (χ1n) is 6.02. The molecule has 0 aliphatic heterocycles. The van der Waals surface area contributed by atoms with Crippen LogP contribution in [0.1, 0.15) is 30.8 Å². The highest BCUT2D eigenvalue weighted by Crippen LogP contribution is 2.22. The van der Waals surface area contributed by atoms with Gasteiger partial charge in [0, 0.05) is 11.1 Å². The van der Waals surface area contributed by atoms with E-state index in [0.717, 1.165) is 11.8 Å². The van der Waals surface area contributed by atoms with Gasteiger partial charge in [0.15, 0.2) is 0 Å². The van der Waals surface area contributed by atoms with Crippen LogP contribution in [-0.2, 0) is 4.74 Å². The lowest BCUT2D eigenvalue weighted by molar-refractivity contribution is 0.0454. The van der Waals surface area contributed by atoms with Gasteiger partial charge in [-0.05, 0) is 36.6 Å². The molecule has 0 saturated heterocycles. The van der Waals surface area contributed by atoms with Crippen LogP contribution in [0.15, 0.2) is 28.7 Å². The maximum absolute atomic E-state index is 11.7. The van der Waals surface area contributed by atoms with Crippen molar-refractivity contribution in [2.24, 2.45) is 5.92 Å². The molecule has 0 bridgehead atoms. The number of rotatable bonds is 4. The molecule has 2 aromatic rings. The van der Waals surface area contributed by atoms with E-state index in [2.05, 4.69) is 13.8 Å². The van der Waals surface area contributed by atoms with Crippen LogP contribution in [0.5, 0.6) is 0 Å². The molecule has 0 saturated carbocycles. The van der Waals surface area contributed by atoms with E-state index < -0.39 is 5.97 Å². The van der Waals surface area contributed by atoms with E-state index in [9.17, 15) is 4.79 Å². The van der Waals surface area contributed by atoms with E-state index in [1.807, 2.05) is 0 Å². The highest BCUT2D eigenvalue weighted by atomic mass is 16.5. The molecule has 0 amide bonds. The van der Waals surface area contributed by atoms with Crippen molar-refractivity contribution < 1.29 is 13.9 Å². The molecule has 1 aromatic heterocycles. The van der Waals surface area contributed by atoms with Crippen molar-refractivity contribution in [3.8, 4) is 0 Å². The van der Waals surface area contributed by atoms with Gasteiger partial charge in [-0.3, -0.25) is 0 Å². The smallest absolute Gasteiger partial charge is 0.374 e. The third-order valence-corrected chi connectivity index (χ3v) is 2.67. The fourth-order valence-electron chi connectivity index (χ4n) is 1.62. The van der Waals surface area contributed by atoms with Gasteiger partial charge in [0.05, 0.1) is 6.61 Å². The lowest BCUT2D eigenvalue weighted by Gasteiger charge is -2.04. The number of nitrogen functional groups attached to an aromatic ring is 1. The van der Waals surface area contributed by atoms with E-state index >= 15 is 0 Å². The molecule has 0 radical (unpaired) electrons. The summed E-state index contributed by atoms with van der Waals surface area (Å²) in [5.41, 5.74) is 6.95. The molecule has 4 nitrogen and oxygen atoms in total. The zero-order valence-electron chi connectivity index (χ0n) is 10.6. The Morgan fingerprint density at radius 1 is 1.39 bits per heavy atom. The second-order valence-corrected chi connectivity index (χ2v) is 4.73. The molecule has 18 heavy (non-hydrogen) atoms. The van der Waals surface area contributed by atoms with Crippen molar-refractivity contribution in [3.05, 3.63) is 30.0 Å². The molecule has 2 rings (SSSR count). The number of furan rings is 1. The average molecular weight is 247 g/mol. The Hall–Kier alpha value is -1.97. The molecular formula is C14H17NO3. The van der Waals surface area contributed by atoms with Crippen molar-refractivity contribution in [3.63, 3.8) is 0 Å². The first-order valence-corrected chi connectivity index (χ1v) is 6.02. The largest absolute Gasteiger partial charge is 0.460 e. The molecule has 0 fully saturated rings. The molecule has 0 unspecified atom stereocenters. The fourth-order valence-corrected chi connectivity index (χ4v) is 1.62. The van der Waals surface area contributed by atoms with Crippen LogP contribution in [0, 0.1) is 5.92 Å². The van der Waals surface area contributed by atoms with Gasteiger partial charge in [-0.25, -0.2) is 4.79 Å². The Morgan fingerprint density at radius 3 is 2.89 bits per heavy atom. The number of hydrogen-bond donors (Lipinski definition) is 1. The summed E-state index contributed by atoms with van der Waals surface area (Å²) in [6.07, 6.45) is 0.846. The summed E-state index contributed by atoms with van der Waals surface area (Å²) in [6.45, 7) is 4.57. The van der Waals surface area contributed by atoms with E-state index in [0.29, 0.717) is 23.8 Å². The average Bonchev–Trinajstić information content (AvgIpc) is 2.71. The predicted molar refractivity (Wildman–Crippen MR) is 70.4 cm³/mol. The summed E-state index contributed by atoms with van der Waals surface area (Å²) < 4.78 is 10.5. The van der Waals surface area contributed by atoms with Gasteiger partial charge >= 0.3 is 5.97 Å². The van der Waals surface area contributed by atoms with Crippen LogP contribution >= 0.6 is 0 Å². The van der Waals surface area contributed by atoms with Crippen LogP contribution < -0.4 is 5.73 Å². The molecule has 1 heterocycles. The Balaban J connectivity index is 2.08. The Bertz CT molecular complexity index is 557. The van der Waals surface area contributed by atoms with Gasteiger partial charge in [-0.2, -0.15) is 0 Å². The first kappa shape index (κ1) is 12.5. The first-order chi connectivity index (χ1) is 8.56. The molecule has 4 heteroatoms. The maximum Gasteiger partial charge on any atom is 0.374 e. The molecular weight excluding hydrogens is 230 g/mol. The minimum Gasteiger partial charge on any atom is -0.460 e. The fraction of sp³-hybridized carbons (Fsp3) is 0.357. The molecule has 1 aromatic carbocycles. The topological polar surface area (TPSA) is 65.5 Å². The van der Waals surface area contributed by atoms with Crippen molar-refractivity contribution in [2.75, 3.05) is 12.3 Å². The SMILES string of the molecule is CC(C)CCOC(=O)c1cc2cc(N)ccc2o1. The third kappa shape index (κ3) is 2.83. The van der Waals surface area contributed by atoms with Crippen LogP contribution in [0.25, 0.3) is 11.0 Å². The van der Waals surface area contributed by atoms with Gasteiger partial charge < -0.3 is 14.9 Å². The summed E-state index contributed by atoms with van der Waals surface area (Å²) >= 11 is 0. The summed E-state index contributed by atoms with van der Waals surface area (Å²) in [4.78, 5) is 11.7. The van der Waals surface area contributed by atoms with E-state index in [-0.39, 0.29) is 5.76 Å². The second-order valence-electron chi connectivity index (χ2n) is 4.73. The Kier molecular flexibility index (Phi) is 3.55. The van der Waals surface area contributed by atoms with Crippen molar-refractivity contribution >= 4 is 22.6 Å². The lowest BCUT2D eigenvalue weighted by Crippen LogP contribution is -2.06. The molecule has 0 atom stereocenters. The second kappa shape index (κ2) is 5.12. The number of esters is 1. The zero-order chi connectivity index (χ0) is 13.1. The molecule has 0 aliphatic rings. The third-order valence-electron chi connectivity index (χ3n) is 2.67. The van der Waals surface area contributed by atoms with E-state index in [1.54, 1.807) is 24.3 Å². The van der Waals surface area contributed by atoms with Gasteiger partial charge in [0.25, 0.3) is 0 Å². The van der Waals surface area contributed by atoms with Gasteiger partial charge in [0.2, 0.25) is 5.76 Å². The van der Waals surface area contributed by atoms with Gasteiger partial charge in [-0.1, -0.05) is 13.8 Å². The predicted octanol–water partition coefficient (Wildman–Crippen LogP) is 3.22. The number of nitrogens with two attached hydrogens (primary N) is 1. The summed E-state index contributed by atoms with van der Waals surface area (Å²) in [7, 11) is 0. The number of carbonyl (C=O) groups excluding carboxylic acids is 1. The zero-order valence-corrected chi connectivity index (χ0v) is 10.6. The monoisotopic (exact) mass is 247 g/mol. The van der Waals surface area contributed by atoms with Gasteiger partial charge in [-0.15, -0.1) is 0 Å². The minimum atomic E-state index is -0.426. The Morgan fingerprint density at radius 2 is 2.17 bits per heavy atom.